The number of nitro benzene ring substituents is 1. The molecule has 10 nitrogen and oxygen atoms in total. The Morgan fingerprint density at radius 2 is 1.80 bits per heavy atom. The first-order valence-electron chi connectivity index (χ1n) is 11.2. The molecule has 1 atom stereocenters. The molecule has 1 aliphatic heterocycles. The average Bonchev–Trinajstić information content (AvgIpc) is 3.38. The zero-order valence-corrected chi connectivity index (χ0v) is 19.1. The predicted octanol–water partition coefficient (Wildman–Crippen LogP) is 4.20. The number of nitrogens with zero attached hydrogens (tertiary/aromatic N) is 4. The first-order valence-corrected chi connectivity index (χ1v) is 11.2. The van der Waals surface area contributed by atoms with Crippen molar-refractivity contribution in [3.8, 4) is 11.5 Å². The van der Waals surface area contributed by atoms with E-state index in [1.807, 2.05) is 30.3 Å². The van der Waals surface area contributed by atoms with Crippen molar-refractivity contribution in [1.29, 1.82) is 0 Å². The number of esters is 1. The average molecular weight is 476 g/mol. The molecule has 2 heterocycles. The molecule has 0 N–H and O–H groups in total. The van der Waals surface area contributed by atoms with Gasteiger partial charge in [-0.1, -0.05) is 30.3 Å². The van der Waals surface area contributed by atoms with Gasteiger partial charge in [-0.25, -0.2) is 0 Å². The molecule has 1 fully saturated rings. The number of carbonyl (C=O) groups is 2. The standard InChI is InChI=1S/C25H24N4O6/c1-17(23-26-27-24(35-23)19-8-10-21(11-9-19)29(32)33)34-25(31)20-13-15-28(16-14-20)22(30)12-7-18-5-3-2-4-6-18/h2-12,17,20H,13-16H2,1H3/b12-7+. The molecular formula is C25H24N4O6. The van der Waals surface area contributed by atoms with Crippen molar-refractivity contribution in [1.82, 2.24) is 15.1 Å². The van der Waals surface area contributed by atoms with E-state index in [1.165, 1.54) is 24.3 Å². The third-order valence-corrected chi connectivity index (χ3v) is 5.76. The number of amides is 1. The van der Waals surface area contributed by atoms with Crippen molar-refractivity contribution in [3.63, 3.8) is 0 Å². The Hall–Kier alpha value is -4.34. The summed E-state index contributed by atoms with van der Waals surface area (Å²) in [5, 5.41) is 18.7. The molecule has 4 rings (SSSR count). The fraction of sp³-hybridized carbons (Fsp3) is 0.280. The highest BCUT2D eigenvalue weighted by molar-refractivity contribution is 5.92. The minimum Gasteiger partial charge on any atom is -0.452 e. The summed E-state index contributed by atoms with van der Waals surface area (Å²) in [5.41, 5.74) is 1.42. The summed E-state index contributed by atoms with van der Waals surface area (Å²) in [6.07, 6.45) is 3.59. The minimum atomic E-state index is -0.754. The Labute approximate surface area is 201 Å². The third-order valence-electron chi connectivity index (χ3n) is 5.76. The molecule has 10 heteroatoms. The van der Waals surface area contributed by atoms with E-state index in [9.17, 15) is 19.7 Å². The Morgan fingerprint density at radius 3 is 2.46 bits per heavy atom. The van der Waals surface area contributed by atoms with Gasteiger partial charge in [0.05, 0.1) is 10.8 Å². The van der Waals surface area contributed by atoms with Crippen LogP contribution in [0.1, 0.15) is 37.3 Å². The van der Waals surface area contributed by atoms with Gasteiger partial charge < -0.3 is 14.1 Å². The van der Waals surface area contributed by atoms with Crippen LogP contribution in [0.3, 0.4) is 0 Å². The topological polar surface area (TPSA) is 129 Å². The summed E-state index contributed by atoms with van der Waals surface area (Å²) in [5.74, 6) is -0.478. The molecule has 1 unspecified atom stereocenters. The van der Waals surface area contributed by atoms with Crippen LogP contribution in [0.5, 0.6) is 0 Å². The van der Waals surface area contributed by atoms with E-state index in [-0.39, 0.29) is 35.3 Å². The number of non-ortho nitro benzene ring substituents is 1. The number of benzene rings is 2. The second-order valence-electron chi connectivity index (χ2n) is 8.17. The number of rotatable bonds is 7. The highest BCUT2D eigenvalue weighted by Gasteiger charge is 2.30. The largest absolute Gasteiger partial charge is 0.452 e. The van der Waals surface area contributed by atoms with Crippen molar-refractivity contribution in [2.45, 2.75) is 25.9 Å². The summed E-state index contributed by atoms with van der Waals surface area (Å²) < 4.78 is 11.1. The molecule has 35 heavy (non-hydrogen) atoms. The molecular weight excluding hydrogens is 452 g/mol. The number of nitro groups is 1. The van der Waals surface area contributed by atoms with Crippen LogP contribution in [0, 0.1) is 16.0 Å². The van der Waals surface area contributed by atoms with Crippen LogP contribution < -0.4 is 0 Å². The Balaban J connectivity index is 1.27. The molecule has 0 spiro atoms. The van der Waals surface area contributed by atoms with Crippen molar-refractivity contribution in [2.24, 2.45) is 5.92 Å². The van der Waals surface area contributed by atoms with Gasteiger partial charge in [0.1, 0.15) is 0 Å². The lowest BCUT2D eigenvalue weighted by molar-refractivity contribution is -0.384. The number of ether oxygens (including phenoxy) is 1. The number of hydrogen-bond donors (Lipinski definition) is 0. The van der Waals surface area contributed by atoms with E-state index in [2.05, 4.69) is 10.2 Å². The molecule has 1 saturated heterocycles. The summed E-state index contributed by atoms with van der Waals surface area (Å²) >= 11 is 0. The van der Waals surface area contributed by atoms with E-state index >= 15 is 0 Å². The molecule has 0 radical (unpaired) electrons. The van der Waals surface area contributed by atoms with Crippen LogP contribution in [-0.2, 0) is 14.3 Å². The van der Waals surface area contributed by atoms with Gasteiger partial charge in [0.25, 0.3) is 11.6 Å². The second-order valence-corrected chi connectivity index (χ2v) is 8.17. The summed E-state index contributed by atoms with van der Waals surface area (Å²) in [4.78, 5) is 37.1. The fourth-order valence-corrected chi connectivity index (χ4v) is 3.73. The number of carbonyl (C=O) groups excluding carboxylic acids is 2. The van der Waals surface area contributed by atoms with Crippen LogP contribution in [-0.4, -0.2) is 45.0 Å². The number of piperidine rings is 1. The highest BCUT2D eigenvalue weighted by atomic mass is 16.6. The second kappa shape index (κ2) is 10.7. The van der Waals surface area contributed by atoms with Gasteiger partial charge in [-0.3, -0.25) is 19.7 Å². The Kier molecular flexibility index (Phi) is 7.30. The van der Waals surface area contributed by atoms with Crippen LogP contribution in [0.4, 0.5) is 5.69 Å². The quantitative estimate of drug-likeness (QED) is 0.215. The number of hydrogen-bond acceptors (Lipinski definition) is 8. The summed E-state index contributed by atoms with van der Waals surface area (Å²) in [6, 6.07) is 15.3. The predicted molar refractivity (Wildman–Crippen MR) is 126 cm³/mol. The monoisotopic (exact) mass is 476 g/mol. The normalized spacial score (nSPS) is 15.2. The molecule has 1 aliphatic rings. The van der Waals surface area contributed by atoms with Gasteiger partial charge in [0.15, 0.2) is 6.10 Å². The molecule has 0 saturated carbocycles. The molecule has 0 bridgehead atoms. The molecule has 2 aromatic carbocycles. The van der Waals surface area contributed by atoms with Crippen LogP contribution >= 0.6 is 0 Å². The molecule has 1 aromatic heterocycles. The van der Waals surface area contributed by atoms with E-state index in [0.29, 0.717) is 31.5 Å². The lowest BCUT2D eigenvalue weighted by atomic mass is 9.97. The third kappa shape index (κ3) is 5.97. The SMILES string of the molecule is CC(OC(=O)C1CCN(C(=O)/C=C/c2ccccc2)CC1)c1nnc(-c2ccc([N+](=O)[O-])cc2)o1. The van der Waals surface area contributed by atoms with Crippen LogP contribution in [0.15, 0.2) is 65.1 Å². The van der Waals surface area contributed by atoms with Crippen molar-refractivity contribution in [3.05, 3.63) is 82.2 Å². The van der Waals surface area contributed by atoms with Crippen molar-refractivity contribution < 1.29 is 23.7 Å². The van der Waals surface area contributed by atoms with Crippen LogP contribution in [0.2, 0.25) is 0 Å². The maximum atomic E-state index is 12.7. The van der Waals surface area contributed by atoms with E-state index in [0.717, 1.165) is 5.56 Å². The fourth-order valence-electron chi connectivity index (χ4n) is 3.73. The smallest absolute Gasteiger partial charge is 0.309 e. The highest BCUT2D eigenvalue weighted by Crippen LogP contribution is 2.26. The first kappa shape index (κ1) is 23.8. The van der Waals surface area contributed by atoms with E-state index in [1.54, 1.807) is 24.0 Å². The maximum Gasteiger partial charge on any atom is 0.309 e. The van der Waals surface area contributed by atoms with E-state index in [4.69, 9.17) is 9.15 Å². The molecule has 180 valence electrons. The lowest BCUT2D eigenvalue weighted by Gasteiger charge is -2.30. The molecule has 3 aromatic rings. The van der Waals surface area contributed by atoms with Gasteiger partial charge in [-0.15, -0.1) is 10.2 Å². The van der Waals surface area contributed by atoms with Crippen LogP contribution in [0.25, 0.3) is 17.5 Å². The van der Waals surface area contributed by atoms with Gasteiger partial charge in [0.2, 0.25) is 11.8 Å². The molecule has 1 amide bonds. The Bertz CT molecular complexity index is 1210. The zero-order chi connectivity index (χ0) is 24.8. The van der Waals surface area contributed by atoms with Crippen molar-refractivity contribution in [2.75, 3.05) is 13.1 Å². The van der Waals surface area contributed by atoms with Gasteiger partial charge in [-0.2, -0.15) is 0 Å². The first-order chi connectivity index (χ1) is 16.9. The van der Waals surface area contributed by atoms with E-state index < -0.39 is 11.0 Å². The molecule has 0 aliphatic carbocycles. The van der Waals surface area contributed by atoms with Gasteiger partial charge >= 0.3 is 5.97 Å². The van der Waals surface area contributed by atoms with Crippen molar-refractivity contribution >= 4 is 23.6 Å². The zero-order valence-electron chi connectivity index (χ0n) is 19.1. The minimum absolute atomic E-state index is 0.0456. The van der Waals surface area contributed by atoms with Gasteiger partial charge in [0, 0.05) is 36.9 Å². The maximum absolute atomic E-state index is 12.7. The summed E-state index contributed by atoms with van der Waals surface area (Å²) in [6.45, 7) is 2.58. The Morgan fingerprint density at radius 1 is 1.11 bits per heavy atom. The number of aromatic nitrogens is 2. The lowest BCUT2D eigenvalue weighted by Crippen LogP contribution is -2.40. The van der Waals surface area contributed by atoms with Gasteiger partial charge in [-0.05, 0) is 43.5 Å². The summed E-state index contributed by atoms with van der Waals surface area (Å²) in [7, 11) is 0. The number of likely N-dealkylation sites (tertiary alicyclic amines) is 1.